The van der Waals surface area contributed by atoms with E-state index in [1.54, 1.807) is 18.2 Å². The normalized spacial score (nSPS) is 10.8. The lowest BCUT2D eigenvalue weighted by Gasteiger charge is -2.08. The molecule has 16 heavy (non-hydrogen) atoms. The molecular weight excluding hydrogens is 254 g/mol. The molecule has 1 rings (SSSR count). The van der Waals surface area contributed by atoms with Crippen molar-refractivity contribution in [1.82, 2.24) is 0 Å². The molecular formula is C7H9F4NO3S. The number of hydrogen-bond acceptors (Lipinski definition) is 3. The van der Waals surface area contributed by atoms with Crippen molar-refractivity contribution in [3.63, 3.8) is 0 Å². The highest BCUT2D eigenvalue weighted by Crippen LogP contribution is 2.20. The summed E-state index contributed by atoms with van der Waals surface area (Å²) in [7, 11) is -6.09. The van der Waals surface area contributed by atoms with Gasteiger partial charge in [0.25, 0.3) is 0 Å². The molecule has 0 aliphatic heterocycles. The molecule has 0 unspecified atom stereocenters. The van der Waals surface area contributed by atoms with Gasteiger partial charge in [-0.3, -0.25) is 0 Å². The lowest BCUT2D eigenvalue weighted by molar-refractivity contribution is -0.843. The van der Waals surface area contributed by atoms with Gasteiger partial charge in [-0.25, -0.2) is 8.42 Å². The van der Waals surface area contributed by atoms with Crippen molar-refractivity contribution in [2.75, 3.05) is 0 Å². The van der Waals surface area contributed by atoms with Gasteiger partial charge in [0.1, 0.15) is 0 Å². The van der Waals surface area contributed by atoms with Crippen LogP contribution >= 0.6 is 0 Å². The van der Waals surface area contributed by atoms with Crippen molar-refractivity contribution in [3.8, 4) is 0 Å². The van der Waals surface area contributed by atoms with E-state index < -0.39 is 15.6 Å². The minimum absolute atomic E-state index is 0. The van der Waals surface area contributed by atoms with Gasteiger partial charge in [-0.2, -0.15) is 13.2 Å². The number of alkyl halides is 3. The summed E-state index contributed by atoms with van der Waals surface area (Å²) in [6.45, 7) is 0. The second-order valence-corrected chi connectivity index (χ2v) is 3.49. The average Bonchev–Trinajstić information content (AvgIpc) is 2.02. The van der Waals surface area contributed by atoms with Crippen molar-refractivity contribution in [2.45, 2.75) is 12.9 Å². The van der Waals surface area contributed by atoms with Gasteiger partial charge in [-0.1, -0.05) is 13.5 Å². The van der Waals surface area contributed by atoms with E-state index in [-0.39, 0.29) is 7.43 Å². The van der Waals surface area contributed by atoms with Crippen molar-refractivity contribution in [2.24, 2.45) is 0 Å². The van der Waals surface area contributed by atoms with Crippen LogP contribution < -0.4 is 4.79 Å². The summed E-state index contributed by atoms with van der Waals surface area (Å²) in [6, 6.07) is 5.01. The van der Waals surface area contributed by atoms with E-state index in [1.807, 2.05) is 0 Å². The Labute approximate surface area is 89.8 Å². The van der Waals surface area contributed by atoms with E-state index in [2.05, 4.69) is 0 Å². The molecule has 1 aromatic heterocycles. The minimum atomic E-state index is -6.09. The molecule has 0 aliphatic rings. The number of nitrogens with zero attached hydrogens (tertiary/aromatic N) is 1. The van der Waals surface area contributed by atoms with Gasteiger partial charge in [-0.05, 0) is 0 Å². The third-order valence-electron chi connectivity index (χ3n) is 0.963. The van der Waals surface area contributed by atoms with Crippen molar-refractivity contribution < 1.29 is 35.4 Å². The zero-order valence-electron chi connectivity index (χ0n) is 6.98. The Morgan fingerprint density at radius 2 is 1.38 bits per heavy atom. The number of halogens is 4. The Hall–Kier alpha value is -1.22. The molecule has 0 amide bonds. The van der Waals surface area contributed by atoms with Gasteiger partial charge in [0.2, 0.25) is 12.4 Å². The van der Waals surface area contributed by atoms with E-state index in [0.29, 0.717) is 4.79 Å². The molecule has 0 atom stereocenters. The first-order chi connectivity index (χ1) is 6.64. The van der Waals surface area contributed by atoms with Crippen LogP contribution in [0, 0.1) is 0 Å². The topological polar surface area (TPSA) is 61.1 Å². The molecule has 0 radical (unpaired) electrons. The molecule has 1 aromatic rings. The lowest BCUT2D eigenvalue weighted by Crippen LogP contribution is -2.21. The second-order valence-electron chi connectivity index (χ2n) is 2.12. The van der Waals surface area contributed by atoms with Crippen LogP contribution in [0.3, 0.4) is 0 Å². The maximum Gasteiger partial charge on any atom is 0.485 e. The summed E-state index contributed by atoms with van der Waals surface area (Å²) < 4.78 is 70.7. The highest BCUT2D eigenvalue weighted by Gasteiger charge is 2.36. The molecule has 0 saturated carbocycles. The Kier molecular flexibility index (Phi) is 6.85. The fourth-order valence-electron chi connectivity index (χ4n) is 0.378. The van der Waals surface area contributed by atoms with Crippen LogP contribution in [0.5, 0.6) is 0 Å². The van der Waals surface area contributed by atoms with E-state index in [1.165, 1.54) is 12.4 Å². The number of rotatable bonds is 0. The Morgan fingerprint density at radius 1 is 1.06 bits per heavy atom. The lowest BCUT2D eigenvalue weighted by atomic mass is 10.5. The summed E-state index contributed by atoms with van der Waals surface area (Å²) >= 11 is 0. The van der Waals surface area contributed by atoms with Crippen molar-refractivity contribution in [3.05, 3.63) is 30.6 Å². The molecule has 0 fully saturated rings. The van der Waals surface area contributed by atoms with Crippen LogP contribution in [0.25, 0.3) is 0 Å². The average molecular weight is 263 g/mol. The highest BCUT2D eigenvalue weighted by molar-refractivity contribution is 7.86. The van der Waals surface area contributed by atoms with Crippen molar-refractivity contribution >= 4 is 10.1 Å². The highest BCUT2D eigenvalue weighted by atomic mass is 32.2. The van der Waals surface area contributed by atoms with E-state index in [4.69, 9.17) is 13.0 Å². The van der Waals surface area contributed by atoms with Gasteiger partial charge in [-0.15, -0.1) is 0 Å². The smallest absolute Gasteiger partial charge is 0.485 e. The number of pyridine rings is 1. The van der Waals surface area contributed by atoms with Gasteiger partial charge in [0.05, 0.1) is 4.48 Å². The summed E-state index contributed by atoms with van der Waals surface area (Å²) in [5.41, 5.74) is -5.65. The molecule has 94 valence electrons. The summed E-state index contributed by atoms with van der Waals surface area (Å²) in [5.74, 6) is 0. The summed E-state index contributed by atoms with van der Waals surface area (Å²) in [4.78, 5) is 0.500. The molecule has 0 N–H and O–H groups in total. The third-order valence-corrected chi connectivity index (χ3v) is 1.53. The maximum atomic E-state index is 11.8. The van der Waals surface area contributed by atoms with Gasteiger partial charge in [0.15, 0.2) is 10.1 Å². The number of hydrogen-bond donors (Lipinski definition) is 0. The molecule has 0 bridgehead atoms. The zero-order chi connectivity index (χ0) is 12.1. The first kappa shape index (κ1) is 17.2. The molecule has 9 heteroatoms. The predicted molar refractivity (Wildman–Crippen MR) is 45.6 cm³/mol. The molecule has 0 spiro atoms. The van der Waals surface area contributed by atoms with Crippen molar-refractivity contribution in [1.29, 1.82) is 0 Å². The Morgan fingerprint density at radius 3 is 1.50 bits per heavy atom. The molecule has 1 heterocycles. The summed E-state index contributed by atoms with van der Waals surface area (Å²) in [5, 5.41) is 0. The van der Waals surface area contributed by atoms with E-state index in [9.17, 15) is 17.7 Å². The van der Waals surface area contributed by atoms with Gasteiger partial charge in [0, 0.05) is 16.9 Å². The largest absolute Gasteiger partial charge is 0.741 e. The Bertz CT molecular complexity index is 390. The standard InChI is InChI=1S/C5H5FN.CHF3O3S.CH4/c6-7-4-2-1-3-5-7;2-1(3,4)8(5,6)7;/h1-5H;(H,5,6,7);1H4/q+1;;/p-1. The first-order valence-corrected chi connectivity index (χ1v) is 4.70. The van der Waals surface area contributed by atoms with Crippen LogP contribution in [0.4, 0.5) is 17.7 Å². The van der Waals surface area contributed by atoms with Crippen LogP contribution in [-0.2, 0) is 10.1 Å². The molecule has 0 aliphatic carbocycles. The summed E-state index contributed by atoms with van der Waals surface area (Å²) in [6.07, 6.45) is 2.67. The van der Waals surface area contributed by atoms with E-state index >= 15 is 0 Å². The van der Waals surface area contributed by atoms with Crippen LogP contribution in [0.15, 0.2) is 30.6 Å². The minimum Gasteiger partial charge on any atom is -0.741 e. The van der Waals surface area contributed by atoms with Gasteiger partial charge < -0.3 is 4.55 Å². The van der Waals surface area contributed by atoms with Crippen LogP contribution in [0.2, 0.25) is 0 Å². The zero-order valence-corrected chi connectivity index (χ0v) is 7.80. The molecule has 0 saturated heterocycles. The quantitative estimate of drug-likeness (QED) is 0.404. The van der Waals surface area contributed by atoms with Gasteiger partial charge >= 0.3 is 5.51 Å². The molecule has 0 aromatic carbocycles. The molecule has 4 nitrogen and oxygen atoms in total. The van der Waals surface area contributed by atoms with Crippen LogP contribution in [-0.4, -0.2) is 18.5 Å². The van der Waals surface area contributed by atoms with Crippen LogP contribution in [0.1, 0.15) is 7.43 Å². The Balaban J connectivity index is 0. The second kappa shape index (κ2) is 6.38. The fourth-order valence-corrected chi connectivity index (χ4v) is 0.378. The monoisotopic (exact) mass is 263 g/mol. The first-order valence-electron chi connectivity index (χ1n) is 3.29. The SMILES string of the molecule is C.F[n+]1ccccc1.O=S(=O)([O-])C(F)(F)F. The predicted octanol–water partition coefficient (Wildman–Crippen LogP) is 1.39. The fraction of sp³-hybridized carbons (Fsp3) is 0.286. The maximum absolute atomic E-state index is 11.8. The number of aromatic nitrogens is 1. The third kappa shape index (κ3) is 7.12. The van der Waals surface area contributed by atoms with E-state index in [0.717, 1.165) is 0 Å².